The summed E-state index contributed by atoms with van der Waals surface area (Å²) in [5.74, 6) is -0.814. The minimum absolute atomic E-state index is 0.0893. The number of aliphatic carboxylic acids is 1. The van der Waals surface area contributed by atoms with Gasteiger partial charge in [-0.3, -0.25) is 9.78 Å². The van der Waals surface area contributed by atoms with Crippen molar-refractivity contribution in [3.05, 3.63) is 36.3 Å². The molecule has 6 heteroatoms. The Hall–Kier alpha value is -2.08. The van der Waals surface area contributed by atoms with Crippen molar-refractivity contribution < 1.29 is 9.90 Å². The fourth-order valence-corrected chi connectivity index (χ4v) is 1.89. The van der Waals surface area contributed by atoms with Crippen molar-refractivity contribution >= 4 is 11.7 Å². The summed E-state index contributed by atoms with van der Waals surface area (Å²) in [5.41, 5.74) is 7.40. The zero-order valence-corrected chi connectivity index (χ0v) is 9.84. The summed E-state index contributed by atoms with van der Waals surface area (Å²) in [4.78, 5) is 14.7. The number of nitrogens with zero attached hydrogens (tertiary/aromatic N) is 1. The molecule has 1 aliphatic rings. The molecule has 0 aliphatic carbocycles. The van der Waals surface area contributed by atoms with E-state index in [2.05, 4.69) is 15.6 Å². The number of hydrogen-bond acceptors (Lipinski definition) is 5. The van der Waals surface area contributed by atoms with Crippen LogP contribution in [0, 0.1) is 0 Å². The van der Waals surface area contributed by atoms with E-state index in [1.807, 2.05) is 12.1 Å². The average Bonchev–Trinajstić information content (AvgIpc) is 2.86. The van der Waals surface area contributed by atoms with E-state index in [0.717, 1.165) is 5.56 Å². The molecule has 6 nitrogen and oxygen atoms in total. The SMILES string of the molecule is N/C(=C\NC1CNC(C(=O)O)C1)c1ccncc1. The molecule has 2 unspecified atom stereocenters. The van der Waals surface area contributed by atoms with Gasteiger partial charge in [-0.2, -0.15) is 0 Å². The molecule has 1 fully saturated rings. The van der Waals surface area contributed by atoms with Crippen LogP contribution >= 0.6 is 0 Å². The Kier molecular flexibility index (Phi) is 3.78. The maximum atomic E-state index is 10.8. The van der Waals surface area contributed by atoms with E-state index >= 15 is 0 Å². The zero-order chi connectivity index (χ0) is 13.0. The molecule has 1 aromatic heterocycles. The maximum Gasteiger partial charge on any atom is 0.320 e. The number of nitrogens with two attached hydrogens (primary N) is 1. The molecule has 5 N–H and O–H groups in total. The summed E-state index contributed by atoms with van der Waals surface area (Å²) >= 11 is 0. The van der Waals surface area contributed by atoms with Gasteiger partial charge < -0.3 is 21.5 Å². The van der Waals surface area contributed by atoms with Crippen LogP contribution in [-0.4, -0.2) is 34.7 Å². The number of carboxylic acid groups (broad SMARTS) is 1. The minimum atomic E-state index is -0.814. The Morgan fingerprint density at radius 3 is 2.89 bits per heavy atom. The molecule has 96 valence electrons. The summed E-state index contributed by atoms with van der Waals surface area (Å²) in [6, 6.07) is 3.26. The van der Waals surface area contributed by atoms with Gasteiger partial charge in [0.25, 0.3) is 0 Å². The molecule has 1 aliphatic heterocycles. The van der Waals surface area contributed by atoms with Gasteiger partial charge in [0.15, 0.2) is 0 Å². The minimum Gasteiger partial charge on any atom is -0.480 e. The number of carboxylic acids is 1. The Balaban J connectivity index is 1.90. The van der Waals surface area contributed by atoms with Crippen LogP contribution in [0.25, 0.3) is 5.70 Å². The number of hydrogen-bond donors (Lipinski definition) is 4. The Bertz CT molecular complexity index is 447. The number of nitrogens with one attached hydrogen (secondary N) is 2. The lowest BCUT2D eigenvalue weighted by molar-refractivity contribution is -0.139. The number of carbonyl (C=O) groups is 1. The smallest absolute Gasteiger partial charge is 0.320 e. The predicted octanol–water partition coefficient (Wildman–Crippen LogP) is -0.257. The third kappa shape index (κ3) is 2.98. The third-order valence-corrected chi connectivity index (χ3v) is 2.92. The van der Waals surface area contributed by atoms with E-state index in [0.29, 0.717) is 18.7 Å². The van der Waals surface area contributed by atoms with Gasteiger partial charge in [-0.1, -0.05) is 0 Å². The normalized spacial score (nSPS) is 23.9. The molecule has 18 heavy (non-hydrogen) atoms. The molecular formula is C12H16N4O2. The largest absolute Gasteiger partial charge is 0.480 e. The summed E-state index contributed by atoms with van der Waals surface area (Å²) in [5, 5.41) is 14.9. The Morgan fingerprint density at radius 2 is 2.28 bits per heavy atom. The van der Waals surface area contributed by atoms with Crippen LogP contribution in [0.5, 0.6) is 0 Å². The molecule has 0 spiro atoms. The second-order valence-electron chi connectivity index (χ2n) is 4.23. The fourth-order valence-electron chi connectivity index (χ4n) is 1.89. The monoisotopic (exact) mass is 248 g/mol. The Morgan fingerprint density at radius 1 is 1.56 bits per heavy atom. The van der Waals surface area contributed by atoms with E-state index in [1.165, 1.54) is 0 Å². The zero-order valence-electron chi connectivity index (χ0n) is 9.84. The molecule has 0 amide bonds. The quantitative estimate of drug-likeness (QED) is 0.586. The molecule has 0 saturated carbocycles. The number of aromatic nitrogens is 1. The molecule has 2 atom stereocenters. The van der Waals surface area contributed by atoms with Gasteiger partial charge in [0.1, 0.15) is 6.04 Å². The van der Waals surface area contributed by atoms with E-state index < -0.39 is 12.0 Å². The van der Waals surface area contributed by atoms with Crippen LogP contribution in [0.1, 0.15) is 12.0 Å². The van der Waals surface area contributed by atoms with Crippen LogP contribution < -0.4 is 16.4 Å². The molecule has 0 radical (unpaired) electrons. The van der Waals surface area contributed by atoms with Crippen molar-refractivity contribution in [3.63, 3.8) is 0 Å². The second-order valence-corrected chi connectivity index (χ2v) is 4.23. The third-order valence-electron chi connectivity index (χ3n) is 2.92. The van der Waals surface area contributed by atoms with E-state index in [9.17, 15) is 4.79 Å². The van der Waals surface area contributed by atoms with Gasteiger partial charge in [-0.15, -0.1) is 0 Å². The van der Waals surface area contributed by atoms with Crippen LogP contribution in [0.15, 0.2) is 30.7 Å². The lowest BCUT2D eigenvalue weighted by Gasteiger charge is -2.10. The van der Waals surface area contributed by atoms with Gasteiger partial charge in [-0.05, 0) is 18.6 Å². The first-order valence-corrected chi connectivity index (χ1v) is 5.75. The van der Waals surface area contributed by atoms with E-state index in [-0.39, 0.29) is 6.04 Å². The highest BCUT2D eigenvalue weighted by molar-refractivity contribution is 5.74. The highest BCUT2D eigenvalue weighted by Crippen LogP contribution is 2.09. The summed E-state index contributed by atoms with van der Waals surface area (Å²) in [7, 11) is 0. The van der Waals surface area contributed by atoms with Crippen LogP contribution in [-0.2, 0) is 4.79 Å². The van der Waals surface area contributed by atoms with Crippen molar-refractivity contribution in [1.82, 2.24) is 15.6 Å². The highest BCUT2D eigenvalue weighted by Gasteiger charge is 2.28. The lowest BCUT2D eigenvalue weighted by Crippen LogP contribution is -2.30. The Labute approximate surface area is 105 Å². The molecule has 1 saturated heterocycles. The molecule has 1 aromatic rings. The number of rotatable bonds is 4. The standard InChI is InChI=1S/C12H16N4O2/c13-10(8-1-3-14-4-2-8)7-15-9-5-11(12(17)18)16-6-9/h1-4,7,9,11,15-16H,5-6,13H2,(H,17,18)/b10-7-. The molecule has 2 heterocycles. The maximum absolute atomic E-state index is 10.8. The average molecular weight is 248 g/mol. The molecular weight excluding hydrogens is 232 g/mol. The predicted molar refractivity (Wildman–Crippen MR) is 67.4 cm³/mol. The summed E-state index contributed by atoms with van der Waals surface area (Å²) in [6.07, 6.45) is 5.61. The van der Waals surface area contributed by atoms with Gasteiger partial charge in [0.05, 0.1) is 5.70 Å². The first-order chi connectivity index (χ1) is 8.66. The van der Waals surface area contributed by atoms with Gasteiger partial charge >= 0.3 is 5.97 Å². The van der Waals surface area contributed by atoms with Gasteiger partial charge in [0.2, 0.25) is 0 Å². The van der Waals surface area contributed by atoms with Crippen LogP contribution in [0.2, 0.25) is 0 Å². The van der Waals surface area contributed by atoms with Crippen molar-refractivity contribution in [2.24, 2.45) is 5.73 Å². The molecule has 2 rings (SSSR count). The van der Waals surface area contributed by atoms with Crippen LogP contribution in [0.4, 0.5) is 0 Å². The van der Waals surface area contributed by atoms with Crippen LogP contribution in [0.3, 0.4) is 0 Å². The van der Waals surface area contributed by atoms with E-state index in [1.54, 1.807) is 18.6 Å². The lowest BCUT2D eigenvalue weighted by atomic mass is 10.1. The van der Waals surface area contributed by atoms with Crippen molar-refractivity contribution in [2.45, 2.75) is 18.5 Å². The topological polar surface area (TPSA) is 100 Å². The highest BCUT2D eigenvalue weighted by atomic mass is 16.4. The second kappa shape index (κ2) is 5.50. The van der Waals surface area contributed by atoms with Crippen molar-refractivity contribution in [3.8, 4) is 0 Å². The summed E-state index contributed by atoms with van der Waals surface area (Å²) in [6.45, 7) is 0.622. The van der Waals surface area contributed by atoms with E-state index in [4.69, 9.17) is 10.8 Å². The van der Waals surface area contributed by atoms with Gasteiger partial charge in [-0.25, -0.2) is 0 Å². The first-order valence-electron chi connectivity index (χ1n) is 5.75. The summed E-state index contributed by atoms with van der Waals surface area (Å²) < 4.78 is 0. The van der Waals surface area contributed by atoms with Crippen molar-refractivity contribution in [2.75, 3.05) is 6.54 Å². The van der Waals surface area contributed by atoms with Crippen molar-refractivity contribution in [1.29, 1.82) is 0 Å². The number of pyridine rings is 1. The molecule has 0 aromatic carbocycles. The first kappa shape index (κ1) is 12.4. The molecule has 0 bridgehead atoms. The fraction of sp³-hybridized carbons (Fsp3) is 0.333. The van der Waals surface area contributed by atoms with Gasteiger partial charge in [0, 0.05) is 36.7 Å².